The number of alkyl halides is 3. The topological polar surface area (TPSA) is 96.5 Å². The van der Waals surface area contributed by atoms with E-state index in [1.54, 1.807) is 115 Å². The SMILES string of the molecule is CCOc1ccc(/C=C(\NC(=O)c2ccccc2)C(=O)Nc2ccc(SC(C(=O)Nc3ccc(Cl)cc3C(F)(F)F)c3ccccc3)cc2)cc1. The van der Waals surface area contributed by atoms with Gasteiger partial charge in [0.2, 0.25) is 5.91 Å². The quantitative estimate of drug-likeness (QED) is 0.0878. The fraction of sp³-hybridized carbons (Fsp3) is 0.103. The molecule has 0 bridgehead atoms. The number of nitrogens with one attached hydrogen (secondary N) is 3. The number of rotatable bonds is 12. The van der Waals surface area contributed by atoms with Gasteiger partial charge in [0.1, 0.15) is 16.7 Å². The minimum atomic E-state index is -4.74. The van der Waals surface area contributed by atoms with Crippen molar-refractivity contribution in [3.8, 4) is 5.75 Å². The molecule has 0 aliphatic heterocycles. The molecule has 12 heteroatoms. The summed E-state index contributed by atoms with van der Waals surface area (Å²) in [5.74, 6) is -1.07. The Morgan fingerprint density at radius 1 is 0.824 bits per heavy atom. The lowest BCUT2D eigenvalue weighted by atomic mass is 10.1. The predicted molar refractivity (Wildman–Crippen MR) is 195 cm³/mol. The number of hydrogen-bond donors (Lipinski definition) is 3. The number of anilines is 2. The summed E-state index contributed by atoms with van der Waals surface area (Å²) in [6, 6.07) is 33.9. The van der Waals surface area contributed by atoms with Crippen molar-refractivity contribution >= 4 is 58.5 Å². The van der Waals surface area contributed by atoms with Gasteiger partial charge in [0, 0.05) is 21.2 Å². The van der Waals surface area contributed by atoms with Gasteiger partial charge in [-0.25, -0.2) is 0 Å². The molecule has 3 N–H and O–H groups in total. The second-order valence-electron chi connectivity index (χ2n) is 10.9. The Morgan fingerprint density at radius 2 is 1.47 bits per heavy atom. The normalized spacial score (nSPS) is 12.1. The molecule has 0 aliphatic rings. The van der Waals surface area contributed by atoms with E-state index < -0.39 is 40.4 Å². The monoisotopic (exact) mass is 729 g/mol. The van der Waals surface area contributed by atoms with Crippen LogP contribution >= 0.6 is 23.4 Å². The molecule has 260 valence electrons. The van der Waals surface area contributed by atoms with Crippen LogP contribution < -0.4 is 20.7 Å². The Morgan fingerprint density at radius 3 is 2.10 bits per heavy atom. The van der Waals surface area contributed by atoms with Crippen LogP contribution in [0.3, 0.4) is 0 Å². The van der Waals surface area contributed by atoms with Crippen molar-refractivity contribution in [1.29, 1.82) is 0 Å². The highest BCUT2D eigenvalue weighted by atomic mass is 35.5. The number of carbonyl (C=O) groups excluding carboxylic acids is 3. The number of thioether (sulfide) groups is 1. The van der Waals surface area contributed by atoms with Crippen molar-refractivity contribution in [1.82, 2.24) is 5.32 Å². The van der Waals surface area contributed by atoms with Crippen LogP contribution in [0.5, 0.6) is 5.75 Å². The van der Waals surface area contributed by atoms with E-state index in [1.807, 2.05) is 6.92 Å². The van der Waals surface area contributed by atoms with Crippen molar-refractivity contribution in [2.24, 2.45) is 0 Å². The van der Waals surface area contributed by atoms with Gasteiger partial charge in [0.25, 0.3) is 11.8 Å². The standard InChI is InChI=1S/C39H31ClF3N3O4S/c1-2-50-30-18-13-25(14-19-30)23-34(46-36(47)27-11-7-4-8-12-27)37(48)44-29-16-20-31(21-17-29)51-35(26-9-5-3-6-10-26)38(49)45-33-22-15-28(40)24-32(33)39(41,42)43/h3-24,35H,2H2,1H3,(H,44,48)(H,45,49)(H,46,47)/b34-23-. The first-order valence-corrected chi connectivity index (χ1v) is 16.9. The number of ether oxygens (including phenoxy) is 1. The molecule has 0 spiro atoms. The highest BCUT2D eigenvalue weighted by molar-refractivity contribution is 8.00. The summed E-state index contributed by atoms with van der Waals surface area (Å²) in [6.45, 7) is 2.37. The van der Waals surface area contributed by atoms with Gasteiger partial charge in [-0.2, -0.15) is 13.2 Å². The van der Waals surface area contributed by atoms with Gasteiger partial charge >= 0.3 is 6.18 Å². The summed E-state index contributed by atoms with van der Waals surface area (Å²) < 4.78 is 46.7. The van der Waals surface area contributed by atoms with Gasteiger partial charge in [-0.3, -0.25) is 14.4 Å². The molecule has 1 unspecified atom stereocenters. The van der Waals surface area contributed by atoms with E-state index in [-0.39, 0.29) is 10.7 Å². The zero-order valence-electron chi connectivity index (χ0n) is 27.0. The lowest BCUT2D eigenvalue weighted by Gasteiger charge is -2.20. The second-order valence-corrected chi connectivity index (χ2v) is 12.6. The van der Waals surface area contributed by atoms with Crippen LogP contribution in [-0.2, 0) is 15.8 Å². The molecular formula is C39H31ClF3N3O4S. The first-order valence-electron chi connectivity index (χ1n) is 15.6. The minimum absolute atomic E-state index is 0.00676. The fourth-order valence-electron chi connectivity index (χ4n) is 4.85. The summed E-state index contributed by atoms with van der Waals surface area (Å²) in [4.78, 5) is 40.7. The fourth-order valence-corrected chi connectivity index (χ4v) is 6.04. The van der Waals surface area contributed by atoms with Gasteiger partial charge in [-0.15, -0.1) is 11.8 Å². The van der Waals surface area contributed by atoms with Crippen LogP contribution in [0.25, 0.3) is 6.08 Å². The molecule has 0 radical (unpaired) electrons. The number of benzene rings is 5. The molecule has 7 nitrogen and oxygen atoms in total. The number of amides is 3. The minimum Gasteiger partial charge on any atom is -0.494 e. The Kier molecular flexibility index (Phi) is 12.2. The van der Waals surface area contributed by atoms with E-state index in [1.165, 1.54) is 6.07 Å². The Bertz CT molecular complexity index is 2010. The summed E-state index contributed by atoms with van der Waals surface area (Å²) >= 11 is 6.94. The van der Waals surface area contributed by atoms with Crippen LogP contribution in [0.15, 0.2) is 138 Å². The van der Waals surface area contributed by atoms with E-state index in [2.05, 4.69) is 16.0 Å². The number of halogens is 4. The molecule has 0 heterocycles. The zero-order valence-corrected chi connectivity index (χ0v) is 28.6. The molecular weight excluding hydrogens is 699 g/mol. The molecule has 0 fully saturated rings. The third kappa shape index (κ3) is 10.3. The van der Waals surface area contributed by atoms with E-state index in [9.17, 15) is 27.6 Å². The van der Waals surface area contributed by atoms with Crippen molar-refractivity contribution in [2.45, 2.75) is 23.2 Å². The molecule has 0 saturated carbocycles. The molecule has 51 heavy (non-hydrogen) atoms. The Labute approximate surface area is 301 Å². The molecule has 3 amide bonds. The maximum Gasteiger partial charge on any atom is 0.418 e. The van der Waals surface area contributed by atoms with Crippen LogP contribution in [0, 0.1) is 0 Å². The van der Waals surface area contributed by atoms with Crippen LogP contribution in [0.2, 0.25) is 5.02 Å². The highest BCUT2D eigenvalue weighted by Gasteiger charge is 2.35. The van der Waals surface area contributed by atoms with Crippen LogP contribution in [-0.4, -0.2) is 24.3 Å². The van der Waals surface area contributed by atoms with E-state index in [0.29, 0.717) is 39.6 Å². The van der Waals surface area contributed by atoms with Gasteiger partial charge in [-0.05, 0) is 90.9 Å². The van der Waals surface area contributed by atoms with Gasteiger partial charge in [0.05, 0.1) is 17.9 Å². The van der Waals surface area contributed by atoms with E-state index >= 15 is 0 Å². The maximum atomic E-state index is 13.7. The maximum absolute atomic E-state index is 13.7. The van der Waals surface area contributed by atoms with Crippen molar-refractivity contribution < 1.29 is 32.3 Å². The first kappa shape index (κ1) is 36.8. The lowest BCUT2D eigenvalue weighted by molar-refractivity contribution is -0.137. The van der Waals surface area contributed by atoms with Crippen LogP contribution in [0.1, 0.15) is 39.2 Å². The van der Waals surface area contributed by atoms with Crippen molar-refractivity contribution in [2.75, 3.05) is 17.2 Å². The Hall–Kier alpha value is -5.52. The van der Waals surface area contributed by atoms with E-state index in [4.69, 9.17) is 16.3 Å². The van der Waals surface area contributed by atoms with Crippen molar-refractivity contribution in [3.63, 3.8) is 0 Å². The average Bonchev–Trinajstić information content (AvgIpc) is 3.13. The second kappa shape index (κ2) is 16.9. The summed E-state index contributed by atoms with van der Waals surface area (Å²) in [5.41, 5.74) is 0.501. The van der Waals surface area contributed by atoms with Gasteiger partial charge in [0.15, 0.2) is 0 Å². The predicted octanol–water partition coefficient (Wildman–Crippen LogP) is 9.64. The van der Waals surface area contributed by atoms with Gasteiger partial charge < -0.3 is 20.7 Å². The van der Waals surface area contributed by atoms with E-state index in [0.717, 1.165) is 23.9 Å². The zero-order chi connectivity index (χ0) is 36.4. The summed E-state index contributed by atoms with van der Waals surface area (Å²) in [7, 11) is 0. The number of carbonyl (C=O) groups is 3. The summed E-state index contributed by atoms with van der Waals surface area (Å²) in [5, 5.41) is 6.87. The lowest BCUT2D eigenvalue weighted by Crippen LogP contribution is -2.30. The third-order valence-electron chi connectivity index (χ3n) is 7.28. The molecule has 0 saturated heterocycles. The third-order valence-corrected chi connectivity index (χ3v) is 8.78. The molecule has 5 aromatic carbocycles. The molecule has 0 aliphatic carbocycles. The smallest absolute Gasteiger partial charge is 0.418 e. The molecule has 1 atom stereocenters. The first-order chi connectivity index (χ1) is 24.5. The summed E-state index contributed by atoms with van der Waals surface area (Å²) in [6.07, 6.45) is -3.19. The average molecular weight is 730 g/mol. The molecule has 0 aromatic heterocycles. The highest BCUT2D eigenvalue weighted by Crippen LogP contribution is 2.40. The number of hydrogen-bond acceptors (Lipinski definition) is 5. The molecule has 5 aromatic rings. The van der Waals surface area contributed by atoms with Gasteiger partial charge in [-0.1, -0.05) is 72.3 Å². The van der Waals surface area contributed by atoms with Crippen LogP contribution in [0.4, 0.5) is 24.5 Å². The Balaban J connectivity index is 1.35. The van der Waals surface area contributed by atoms with Crippen molar-refractivity contribution in [3.05, 3.63) is 160 Å². The molecule has 5 rings (SSSR count). The largest absolute Gasteiger partial charge is 0.494 e.